The van der Waals surface area contributed by atoms with Gasteiger partial charge in [-0.15, -0.1) is 0 Å². The molecule has 0 spiro atoms. The van der Waals surface area contributed by atoms with Crippen LogP contribution < -0.4 is 10.3 Å². The Morgan fingerprint density at radius 3 is 2.68 bits per heavy atom. The molecule has 186 valence electrons. The average molecular weight is 625 g/mol. The number of nitro groups is 1. The number of hydrogen-bond acceptors (Lipinski definition) is 7. The van der Waals surface area contributed by atoms with E-state index in [2.05, 4.69) is 48.0 Å². The smallest absolute Gasteiger partial charge is 0.312 e. The van der Waals surface area contributed by atoms with Crippen molar-refractivity contribution in [2.45, 2.75) is 26.4 Å². The number of ether oxygens (including phenoxy) is 1. The maximum atomic E-state index is 13.2. The number of aromatic nitrogens is 2. The van der Waals surface area contributed by atoms with Crippen LogP contribution in [0.4, 0.5) is 5.69 Å². The fourth-order valence-electron chi connectivity index (χ4n) is 3.63. The summed E-state index contributed by atoms with van der Waals surface area (Å²) >= 11 is 6.73. The summed E-state index contributed by atoms with van der Waals surface area (Å²) in [5, 5.41) is 25.9. The Morgan fingerprint density at radius 1 is 1.22 bits per heavy atom. The third-order valence-corrected chi connectivity index (χ3v) is 6.51. The molecule has 11 heteroatoms. The SMILES string of the molecule is CC(C)c1nc2ccc(Br)cc2c(=O)n1N=Cc1cc(Br)c(OCc2ccccc2C#N)c([N+](=O)[O-])c1. The van der Waals surface area contributed by atoms with E-state index in [0.717, 1.165) is 4.47 Å². The van der Waals surface area contributed by atoms with Gasteiger partial charge in [0.2, 0.25) is 5.75 Å². The minimum atomic E-state index is -0.561. The van der Waals surface area contributed by atoms with Crippen LogP contribution in [0.5, 0.6) is 5.75 Å². The Balaban J connectivity index is 1.73. The van der Waals surface area contributed by atoms with Crippen molar-refractivity contribution < 1.29 is 9.66 Å². The van der Waals surface area contributed by atoms with Crippen molar-refractivity contribution in [3.8, 4) is 11.8 Å². The molecule has 0 aliphatic rings. The summed E-state index contributed by atoms with van der Waals surface area (Å²) in [6.45, 7) is 3.77. The molecule has 3 aromatic carbocycles. The second-order valence-corrected chi connectivity index (χ2v) is 10.1. The molecule has 0 unspecified atom stereocenters. The number of nitriles is 1. The van der Waals surface area contributed by atoms with Gasteiger partial charge in [-0.1, -0.05) is 48.0 Å². The number of nitro benzene ring substituents is 1. The molecular weight excluding hydrogens is 606 g/mol. The van der Waals surface area contributed by atoms with E-state index >= 15 is 0 Å². The molecule has 37 heavy (non-hydrogen) atoms. The van der Waals surface area contributed by atoms with Crippen molar-refractivity contribution in [1.29, 1.82) is 5.26 Å². The molecule has 0 amide bonds. The van der Waals surface area contributed by atoms with Crippen LogP contribution in [0.25, 0.3) is 10.9 Å². The molecule has 0 atom stereocenters. The maximum absolute atomic E-state index is 13.2. The Kier molecular flexibility index (Phi) is 7.80. The predicted molar refractivity (Wildman–Crippen MR) is 147 cm³/mol. The van der Waals surface area contributed by atoms with Crippen molar-refractivity contribution in [2.75, 3.05) is 0 Å². The first-order valence-corrected chi connectivity index (χ1v) is 12.6. The number of rotatable bonds is 7. The molecule has 0 aliphatic heterocycles. The first kappa shape index (κ1) is 26.2. The number of fused-ring (bicyclic) bond motifs is 1. The van der Waals surface area contributed by atoms with Gasteiger partial charge in [0.15, 0.2) is 0 Å². The van der Waals surface area contributed by atoms with E-state index in [1.807, 2.05) is 19.9 Å². The third-order valence-electron chi connectivity index (χ3n) is 5.42. The van der Waals surface area contributed by atoms with Crippen molar-refractivity contribution >= 4 is 54.7 Å². The number of benzene rings is 3. The number of hydrogen-bond donors (Lipinski definition) is 0. The zero-order chi connectivity index (χ0) is 26.7. The highest BCUT2D eigenvalue weighted by Crippen LogP contribution is 2.37. The van der Waals surface area contributed by atoms with Crippen molar-refractivity contribution in [3.05, 3.63) is 107 Å². The highest BCUT2D eigenvalue weighted by atomic mass is 79.9. The molecular formula is C26H19Br2N5O4. The summed E-state index contributed by atoms with van der Waals surface area (Å²) in [7, 11) is 0. The van der Waals surface area contributed by atoms with Crippen LogP contribution in [0.2, 0.25) is 0 Å². The summed E-state index contributed by atoms with van der Waals surface area (Å²) in [5.41, 5.74) is 1.32. The first-order chi connectivity index (χ1) is 17.7. The monoisotopic (exact) mass is 623 g/mol. The minimum absolute atomic E-state index is 0.0205. The lowest BCUT2D eigenvalue weighted by molar-refractivity contribution is -0.386. The number of halogens is 2. The molecule has 4 rings (SSSR count). The van der Waals surface area contributed by atoms with Crippen LogP contribution in [0, 0.1) is 21.4 Å². The molecule has 1 aromatic heterocycles. The molecule has 0 aliphatic carbocycles. The normalized spacial score (nSPS) is 11.2. The van der Waals surface area contributed by atoms with Crippen LogP contribution in [0.3, 0.4) is 0 Å². The van der Waals surface area contributed by atoms with E-state index in [-0.39, 0.29) is 29.5 Å². The van der Waals surface area contributed by atoms with Gasteiger partial charge in [-0.25, -0.2) is 4.98 Å². The van der Waals surface area contributed by atoms with Gasteiger partial charge in [0, 0.05) is 27.6 Å². The van der Waals surface area contributed by atoms with Crippen LogP contribution in [0.1, 0.15) is 42.3 Å². The lowest BCUT2D eigenvalue weighted by atomic mass is 10.1. The van der Waals surface area contributed by atoms with Gasteiger partial charge in [-0.3, -0.25) is 14.9 Å². The molecule has 4 aromatic rings. The van der Waals surface area contributed by atoms with Crippen molar-refractivity contribution in [1.82, 2.24) is 9.66 Å². The predicted octanol–water partition coefficient (Wildman–Crippen LogP) is 6.29. The molecule has 9 nitrogen and oxygen atoms in total. The fourth-order valence-corrected chi connectivity index (χ4v) is 4.58. The highest BCUT2D eigenvalue weighted by Gasteiger charge is 2.21. The minimum Gasteiger partial charge on any atom is -0.481 e. The lowest BCUT2D eigenvalue weighted by Gasteiger charge is -2.12. The summed E-state index contributed by atoms with van der Waals surface area (Å²) < 4.78 is 8.03. The van der Waals surface area contributed by atoms with Gasteiger partial charge in [0.1, 0.15) is 12.4 Å². The fraction of sp³-hybridized carbons (Fsp3) is 0.154. The van der Waals surface area contributed by atoms with Gasteiger partial charge < -0.3 is 4.74 Å². The Labute approximate surface area is 228 Å². The quantitative estimate of drug-likeness (QED) is 0.135. The topological polar surface area (TPSA) is 123 Å². The zero-order valence-corrected chi connectivity index (χ0v) is 22.9. The standard InChI is InChI=1S/C26H19Br2N5O4/c1-15(2)25-31-22-8-7-19(27)11-20(22)26(34)32(25)30-13-16-9-21(28)24(23(10-16)33(35)36)37-14-18-6-4-3-5-17(18)12-29/h3-11,13,15H,14H2,1-2H3. The maximum Gasteiger partial charge on any atom is 0.312 e. The van der Waals surface area contributed by atoms with E-state index in [9.17, 15) is 20.2 Å². The third kappa shape index (κ3) is 5.60. The summed E-state index contributed by atoms with van der Waals surface area (Å²) in [5.74, 6) is 0.374. The second kappa shape index (κ2) is 11.0. The zero-order valence-electron chi connectivity index (χ0n) is 19.7. The summed E-state index contributed by atoms with van der Waals surface area (Å²) in [6.07, 6.45) is 1.37. The second-order valence-electron chi connectivity index (χ2n) is 8.31. The lowest BCUT2D eigenvalue weighted by Crippen LogP contribution is -2.23. The molecule has 0 N–H and O–H groups in total. The van der Waals surface area contributed by atoms with Gasteiger partial charge >= 0.3 is 5.69 Å². The average Bonchev–Trinajstić information content (AvgIpc) is 2.87. The van der Waals surface area contributed by atoms with Gasteiger partial charge in [0.25, 0.3) is 5.56 Å². The number of nitrogens with zero attached hydrogens (tertiary/aromatic N) is 5. The molecule has 0 bridgehead atoms. The molecule has 0 fully saturated rings. The van der Waals surface area contributed by atoms with E-state index in [4.69, 9.17) is 4.74 Å². The molecule has 1 heterocycles. The van der Waals surface area contributed by atoms with E-state index in [1.165, 1.54) is 17.0 Å². The summed E-state index contributed by atoms with van der Waals surface area (Å²) in [6, 6.07) is 17.1. The summed E-state index contributed by atoms with van der Waals surface area (Å²) in [4.78, 5) is 29.1. The Morgan fingerprint density at radius 2 is 1.97 bits per heavy atom. The van der Waals surface area contributed by atoms with Gasteiger partial charge in [-0.05, 0) is 46.3 Å². The van der Waals surface area contributed by atoms with Crippen LogP contribution >= 0.6 is 31.9 Å². The van der Waals surface area contributed by atoms with E-state index in [0.29, 0.717) is 37.9 Å². The molecule has 0 radical (unpaired) electrons. The van der Waals surface area contributed by atoms with E-state index < -0.39 is 4.92 Å². The Bertz CT molecular complexity index is 1660. The van der Waals surface area contributed by atoms with Crippen LogP contribution in [-0.2, 0) is 6.61 Å². The van der Waals surface area contributed by atoms with E-state index in [1.54, 1.807) is 42.5 Å². The highest BCUT2D eigenvalue weighted by molar-refractivity contribution is 9.10. The van der Waals surface area contributed by atoms with Crippen LogP contribution in [-0.4, -0.2) is 20.8 Å². The molecule has 0 saturated carbocycles. The Hall–Kier alpha value is -3.88. The van der Waals surface area contributed by atoms with Gasteiger partial charge in [0.05, 0.1) is 38.1 Å². The first-order valence-electron chi connectivity index (χ1n) is 11.0. The van der Waals surface area contributed by atoms with Crippen LogP contribution in [0.15, 0.2) is 73.4 Å². The van der Waals surface area contributed by atoms with Crippen molar-refractivity contribution in [2.24, 2.45) is 5.10 Å². The van der Waals surface area contributed by atoms with Gasteiger partial charge in [-0.2, -0.15) is 15.0 Å². The molecule has 0 saturated heterocycles. The largest absolute Gasteiger partial charge is 0.481 e. The van der Waals surface area contributed by atoms with Crippen molar-refractivity contribution in [3.63, 3.8) is 0 Å².